The zero-order valence-electron chi connectivity index (χ0n) is 20.2. The van der Waals surface area contributed by atoms with Crippen molar-refractivity contribution in [2.75, 3.05) is 40.5 Å². The van der Waals surface area contributed by atoms with Crippen LogP contribution in [0.1, 0.15) is 63.1 Å². The van der Waals surface area contributed by atoms with E-state index in [9.17, 15) is 4.79 Å². The molecule has 1 aromatic rings. The van der Waals surface area contributed by atoms with Crippen LogP contribution in [0.15, 0.2) is 12.1 Å². The van der Waals surface area contributed by atoms with E-state index in [4.69, 9.17) is 14.2 Å². The van der Waals surface area contributed by atoms with Gasteiger partial charge in [0.25, 0.3) is 0 Å². The Morgan fingerprint density at radius 3 is 2.66 bits per heavy atom. The summed E-state index contributed by atoms with van der Waals surface area (Å²) in [6.07, 6.45) is 5.96. The number of esters is 1. The number of fused-ring (bicyclic) bond motifs is 3. The lowest BCUT2D eigenvalue weighted by Crippen LogP contribution is -2.47. The predicted molar refractivity (Wildman–Crippen MR) is 125 cm³/mol. The smallest absolute Gasteiger partial charge is 0.307 e. The van der Waals surface area contributed by atoms with E-state index in [2.05, 4.69) is 36.2 Å². The van der Waals surface area contributed by atoms with Crippen molar-refractivity contribution in [1.82, 2.24) is 10.2 Å². The van der Waals surface area contributed by atoms with E-state index in [-0.39, 0.29) is 5.97 Å². The normalized spacial score (nSPS) is 27.7. The molecule has 3 aliphatic heterocycles. The molecule has 0 saturated carbocycles. The third-order valence-corrected chi connectivity index (χ3v) is 7.58. The maximum absolute atomic E-state index is 12.5. The topological polar surface area (TPSA) is 60.0 Å². The van der Waals surface area contributed by atoms with Gasteiger partial charge in [-0.3, -0.25) is 9.69 Å². The van der Waals surface area contributed by atoms with E-state index in [0.29, 0.717) is 42.9 Å². The van der Waals surface area contributed by atoms with Crippen molar-refractivity contribution in [1.29, 1.82) is 0 Å². The second-order valence-electron chi connectivity index (χ2n) is 10.2. The lowest BCUT2D eigenvalue weighted by atomic mass is 9.74. The second-order valence-corrected chi connectivity index (χ2v) is 10.2. The monoisotopic (exact) mass is 444 g/mol. The van der Waals surface area contributed by atoms with Crippen LogP contribution in [0.5, 0.6) is 11.5 Å². The van der Waals surface area contributed by atoms with E-state index in [1.165, 1.54) is 17.5 Å². The average Bonchev–Trinajstić information content (AvgIpc) is 3.29. The lowest BCUT2D eigenvalue weighted by molar-refractivity contribution is -0.147. The number of methoxy groups -OCH3 is 2. The molecule has 1 aromatic carbocycles. The highest BCUT2D eigenvalue weighted by Gasteiger charge is 2.40. The van der Waals surface area contributed by atoms with Gasteiger partial charge in [-0.05, 0) is 79.7 Å². The molecule has 4 atom stereocenters. The van der Waals surface area contributed by atoms with E-state index >= 15 is 0 Å². The Bertz CT molecular complexity index is 790. The van der Waals surface area contributed by atoms with Gasteiger partial charge < -0.3 is 19.5 Å². The number of rotatable bonds is 8. The first-order valence-electron chi connectivity index (χ1n) is 12.4. The summed E-state index contributed by atoms with van der Waals surface area (Å²) in [5, 5.41) is 3.40. The molecule has 32 heavy (non-hydrogen) atoms. The summed E-state index contributed by atoms with van der Waals surface area (Å²) in [4.78, 5) is 15.1. The Morgan fingerprint density at radius 2 is 1.97 bits per heavy atom. The molecule has 4 rings (SSSR count). The number of ether oxygens (including phenoxy) is 3. The fourth-order valence-electron chi connectivity index (χ4n) is 5.97. The van der Waals surface area contributed by atoms with Gasteiger partial charge >= 0.3 is 5.97 Å². The van der Waals surface area contributed by atoms with Crippen LogP contribution in [0.4, 0.5) is 0 Å². The van der Waals surface area contributed by atoms with Crippen LogP contribution >= 0.6 is 0 Å². The van der Waals surface area contributed by atoms with Gasteiger partial charge in [0.2, 0.25) is 0 Å². The van der Waals surface area contributed by atoms with Crippen molar-refractivity contribution >= 4 is 5.97 Å². The van der Waals surface area contributed by atoms with Gasteiger partial charge in [0.05, 0.1) is 27.2 Å². The standard InChI is InChI=1S/C26H40N2O4/c1-17(2)10-19-15-28-9-7-18-12-24(30-3)25(31-4)14-22(18)23(28)11-20(19)16-32-26(29)13-21-6-5-8-27-21/h12,14,17,19-21,23,27H,5-11,13,15-16H2,1-4H3. The van der Waals surface area contributed by atoms with Crippen LogP contribution in [0.2, 0.25) is 0 Å². The zero-order chi connectivity index (χ0) is 22.7. The summed E-state index contributed by atoms with van der Waals surface area (Å²) in [6, 6.07) is 4.96. The Hall–Kier alpha value is -1.79. The number of nitrogens with zero attached hydrogens (tertiary/aromatic N) is 1. The van der Waals surface area contributed by atoms with E-state index in [1.807, 2.05) is 0 Å². The molecule has 0 aliphatic carbocycles. The first-order valence-corrected chi connectivity index (χ1v) is 12.4. The first kappa shape index (κ1) is 23.4. The number of nitrogens with one attached hydrogen (secondary N) is 1. The third-order valence-electron chi connectivity index (χ3n) is 7.58. The third kappa shape index (κ3) is 5.23. The van der Waals surface area contributed by atoms with E-state index in [0.717, 1.165) is 56.8 Å². The van der Waals surface area contributed by atoms with Crippen LogP contribution in [0.25, 0.3) is 0 Å². The number of benzene rings is 1. The lowest BCUT2D eigenvalue weighted by Gasteiger charge is -2.47. The summed E-state index contributed by atoms with van der Waals surface area (Å²) in [7, 11) is 3.40. The Labute approximate surface area is 193 Å². The zero-order valence-corrected chi connectivity index (χ0v) is 20.2. The highest BCUT2D eigenvalue weighted by molar-refractivity contribution is 5.70. The first-order chi connectivity index (χ1) is 15.5. The van der Waals surface area contributed by atoms with Gasteiger partial charge in [0.15, 0.2) is 11.5 Å². The molecule has 0 aromatic heterocycles. The summed E-state index contributed by atoms with van der Waals surface area (Å²) in [6.45, 7) is 8.29. The molecule has 6 nitrogen and oxygen atoms in total. The summed E-state index contributed by atoms with van der Waals surface area (Å²) >= 11 is 0. The molecular weight excluding hydrogens is 404 g/mol. The van der Waals surface area contributed by atoms with Gasteiger partial charge in [-0.2, -0.15) is 0 Å². The molecule has 3 heterocycles. The van der Waals surface area contributed by atoms with Crippen LogP contribution in [0.3, 0.4) is 0 Å². The largest absolute Gasteiger partial charge is 0.493 e. The molecule has 178 valence electrons. The molecular formula is C26H40N2O4. The van der Waals surface area contributed by atoms with Crippen molar-refractivity contribution < 1.29 is 19.0 Å². The van der Waals surface area contributed by atoms with Gasteiger partial charge in [0.1, 0.15) is 0 Å². The van der Waals surface area contributed by atoms with E-state index < -0.39 is 0 Å². The molecule has 4 unspecified atom stereocenters. The molecule has 2 fully saturated rings. The minimum absolute atomic E-state index is 0.0504. The SMILES string of the molecule is COc1cc2c(cc1OC)C1CC(COC(=O)CC3CCCN3)C(CC(C)C)CN1CC2. The van der Waals surface area contributed by atoms with E-state index in [1.54, 1.807) is 14.2 Å². The number of carbonyl (C=O) groups is 1. The quantitative estimate of drug-likeness (QED) is 0.612. The highest BCUT2D eigenvalue weighted by atomic mass is 16.5. The average molecular weight is 445 g/mol. The molecule has 0 spiro atoms. The maximum Gasteiger partial charge on any atom is 0.307 e. The van der Waals surface area contributed by atoms with Crippen molar-refractivity contribution in [3.63, 3.8) is 0 Å². The van der Waals surface area contributed by atoms with Gasteiger partial charge in [-0.15, -0.1) is 0 Å². The Kier molecular flexibility index (Phi) is 7.62. The second kappa shape index (κ2) is 10.4. The maximum atomic E-state index is 12.5. The Morgan fingerprint density at radius 1 is 1.19 bits per heavy atom. The van der Waals surface area contributed by atoms with Gasteiger partial charge in [-0.1, -0.05) is 13.8 Å². The van der Waals surface area contributed by atoms with Crippen LogP contribution in [-0.4, -0.2) is 57.4 Å². The van der Waals surface area contributed by atoms with Crippen molar-refractivity contribution in [3.05, 3.63) is 23.3 Å². The van der Waals surface area contributed by atoms with Crippen LogP contribution in [0, 0.1) is 17.8 Å². The molecule has 1 N–H and O–H groups in total. The van der Waals surface area contributed by atoms with Crippen LogP contribution < -0.4 is 14.8 Å². The van der Waals surface area contributed by atoms with Crippen molar-refractivity contribution in [2.45, 2.75) is 64.5 Å². The summed E-state index contributed by atoms with van der Waals surface area (Å²) in [5.41, 5.74) is 2.71. The van der Waals surface area contributed by atoms with Crippen molar-refractivity contribution in [3.8, 4) is 11.5 Å². The predicted octanol–water partition coefficient (Wildman–Crippen LogP) is 3.97. The Balaban J connectivity index is 1.48. The van der Waals surface area contributed by atoms with Crippen LogP contribution in [-0.2, 0) is 16.0 Å². The molecule has 0 bridgehead atoms. The number of hydrogen-bond donors (Lipinski definition) is 1. The fraction of sp³-hybridized carbons (Fsp3) is 0.731. The number of carbonyl (C=O) groups excluding carboxylic acids is 1. The molecule has 6 heteroatoms. The van der Waals surface area contributed by atoms with Crippen molar-refractivity contribution in [2.24, 2.45) is 17.8 Å². The molecule has 0 radical (unpaired) electrons. The fourth-order valence-corrected chi connectivity index (χ4v) is 5.97. The van der Waals surface area contributed by atoms with Gasteiger partial charge in [-0.25, -0.2) is 0 Å². The minimum atomic E-state index is -0.0504. The molecule has 2 saturated heterocycles. The highest BCUT2D eigenvalue weighted by Crippen LogP contribution is 2.45. The summed E-state index contributed by atoms with van der Waals surface area (Å²) in [5.74, 6) is 3.14. The minimum Gasteiger partial charge on any atom is -0.493 e. The number of piperidine rings is 1. The summed E-state index contributed by atoms with van der Waals surface area (Å²) < 4.78 is 17.0. The molecule has 3 aliphatic rings. The number of hydrogen-bond acceptors (Lipinski definition) is 6. The van der Waals surface area contributed by atoms with Gasteiger partial charge in [0, 0.05) is 25.2 Å². The molecule has 0 amide bonds.